The van der Waals surface area contributed by atoms with Crippen molar-refractivity contribution in [2.24, 2.45) is 0 Å². The van der Waals surface area contributed by atoms with Crippen molar-refractivity contribution in [1.29, 1.82) is 5.26 Å². The number of hydrogen-bond acceptors (Lipinski definition) is 6. The lowest BCUT2D eigenvalue weighted by Gasteiger charge is -2.10. The highest BCUT2D eigenvalue weighted by atomic mass is 16.6. The van der Waals surface area contributed by atoms with E-state index in [2.05, 4.69) is 10.6 Å². The first-order valence-corrected chi connectivity index (χ1v) is 7.52. The molecule has 8 nitrogen and oxygen atoms in total. The number of carbonyl (C=O) groups excluding carboxylic acids is 1. The summed E-state index contributed by atoms with van der Waals surface area (Å²) in [5, 5.41) is 25.3. The van der Waals surface area contributed by atoms with Gasteiger partial charge in [0.2, 0.25) is 0 Å². The second-order valence-electron chi connectivity index (χ2n) is 5.28. The monoisotopic (exact) mass is 352 g/mol. The summed E-state index contributed by atoms with van der Waals surface area (Å²) in [6, 6.07) is 12.8. The molecule has 0 saturated heterocycles. The van der Waals surface area contributed by atoms with Gasteiger partial charge in [0, 0.05) is 24.0 Å². The number of carbonyl (C=O) groups is 1. The molecule has 132 valence electrons. The largest absolute Gasteiger partial charge is 0.495 e. The van der Waals surface area contributed by atoms with Crippen molar-refractivity contribution < 1.29 is 14.5 Å². The van der Waals surface area contributed by atoms with Gasteiger partial charge in [-0.1, -0.05) is 12.1 Å². The summed E-state index contributed by atoms with van der Waals surface area (Å²) in [7, 11) is 1.48. The number of aryl methyl sites for hydroxylation is 1. The maximum Gasteiger partial charge on any atom is 0.271 e. The van der Waals surface area contributed by atoms with Crippen molar-refractivity contribution in [2.45, 2.75) is 6.92 Å². The number of nitrogens with one attached hydrogen (secondary N) is 2. The summed E-state index contributed by atoms with van der Waals surface area (Å²) < 4.78 is 5.18. The van der Waals surface area contributed by atoms with Gasteiger partial charge in [-0.25, -0.2) is 0 Å². The van der Waals surface area contributed by atoms with Crippen molar-refractivity contribution >= 4 is 23.0 Å². The number of hydrogen-bond donors (Lipinski definition) is 2. The van der Waals surface area contributed by atoms with Gasteiger partial charge in [0.25, 0.3) is 11.6 Å². The molecule has 2 aromatic rings. The summed E-state index contributed by atoms with van der Waals surface area (Å²) in [5.74, 6) is -0.165. The molecule has 2 N–H and O–H groups in total. The molecule has 0 fully saturated rings. The topological polar surface area (TPSA) is 117 Å². The molecule has 26 heavy (non-hydrogen) atoms. The number of amides is 1. The third-order valence-electron chi connectivity index (χ3n) is 3.41. The van der Waals surface area contributed by atoms with E-state index < -0.39 is 10.8 Å². The molecule has 0 radical (unpaired) electrons. The minimum Gasteiger partial charge on any atom is -0.495 e. The smallest absolute Gasteiger partial charge is 0.271 e. The molecule has 0 aliphatic carbocycles. The van der Waals surface area contributed by atoms with Crippen LogP contribution in [0, 0.1) is 28.4 Å². The van der Waals surface area contributed by atoms with Crippen LogP contribution in [0.1, 0.15) is 5.56 Å². The lowest BCUT2D eigenvalue weighted by Crippen LogP contribution is -2.15. The van der Waals surface area contributed by atoms with Gasteiger partial charge in [-0.2, -0.15) is 5.26 Å². The van der Waals surface area contributed by atoms with Gasteiger partial charge in [0.15, 0.2) is 0 Å². The number of non-ortho nitro benzene ring substituents is 1. The zero-order valence-electron chi connectivity index (χ0n) is 14.1. The molecular formula is C18H16N4O4. The van der Waals surface area contributed by atoms with Crippen LogP contribution in [0.25, 0.3) is 0 Å². The molecule has 2 rings (SSSR count). The van der Waals surface area contributed by atoms with Crippen molar-refractivity contribution in [3.63, 3.8) is 0 Å². The molecule has 2 aromatic carbocycles. The molecule has 0 aliphatic heterocycles. The van der Waals surface area contributed by atoms with E-state index >= 15 is 0 Å². The molecule has 0 bridgehead atoms. The van der Waals surface area contributed by atoms with Crippen molar-refractivity contribution in [3.05, 3.63) is 69.9 Å². The van der Waals surface area contributed by atoms with Crippen LogP contribution < -0.4 is 15.4 Å². The number of rotatable bonds is 6. The van der Waals surface area contributed by atoms with Crippen LogP contribution in [-0.2, 0) is 4.79 Å². The number of anilines is 2. The molecule has 8 heteroatoms. The Bertz CT molecular complexity index is 916. The van der Waals surface area contributed by atoms with Crippen LogP contribution in [0.4, 0.5) is 17.1 Å². The summed E-state index contributed by atoms with van der Waals surface area (Å²) in [6.07, 6.45) is 1.19. The van der Waals surface area contributed by atoms with Crippen molar-refractivity contribution in [1.82, 2.24) is 0 Å². The Morgan fingerprint density at radius 2 is 2.08 bits per heavy atom. The van der Waals surface area contributed by atoms with E-state index in [0.717, 1.165) is 5.56 Å². The third kappa shape index (κ3) is 4.58. The molecule has 0 spiro atoms. The molecule has 1 amide bonds. The number of nitriles is 1. The number of nitrogens with zero attached hydrogens (tertiary/aromatic N) is 2. The minimum atomic E-state index is -0.630. The van der Waals surface area contributed by atoms with Gasteiger partial charge in [-0.15, -0.1) is 0 Å². The highest BCUT2D eigenvalue weighted by Gasteiger charge is 2.13. The van der Waals surface area contributed by atoms with E-state index in [9.17, 15) is 20.2 Å². The maximum atomic E-state index is 12.3. The van der Waals surface area contributed by atoms with Gasteiger partial charge in [-0.05, 0) is 30.7 Å². The van der Waals surface area contributed by atoms with Crippen molar-refractivity contribution in [3.8, 4) is 11.8 Å². The second kappa shape index (κ2) is 8.30. The highest BCUT2D eigenvalue weighted by Crippen LogP contribution is 2.25. The number of methoxy groups -OCH3 is 1. The fraction of sp³-hybridized carbons (Fsp3) is 0.111. The Morgan fingerprint density at radius 3 is 2.73 bits per heavy atom. The van der Waals surface area contributed by atoms with Crippen molar-refractivity contribution in [2.75, 3.05) is 17.7 Å². The molecular weight excluding hydrogens is 336 g/mol. The first kappa shape index (κ1) is 18.5. The second-order valence-corrected chi connectivity index (χ2v) is 5.28. The summed E-state index contributed by atoms with van der Waals surface area (Å²) in [5.41, 5.74) is 1.44. The van der Waals surface area contributed by atoms with Crippen LogP contribution in [0.3, 0.4) is 0 Å². The molecule has 0 aliphatic rings. The summed E-state index contributed by atoms with van der Waals surface area (Å²) in [6.45, 7) is 1.86. The lowest BCUT2D eigenvalue weighted by molar-refractivity contribution is -0.384. The van der Waals surface area contributed by atoms with E-state index in [1.165, 1.54) is 31.5 Å². The van der Waals surface area contributed by atoms with E-state index in [1.54, 1.807) is 24.3 Å². The Hall–Kier alpha value is -3.86. The average Bonchev–Trinajstić information content (AvgIpc) is 2.62. The van der Waals surface area contributed by atoms with Gasteiger partial charge in [-0.3, -0.25) is 14.9 Å². The Morgan fingerprint density at radius 1 is 1.31 bits per heavy atom. The van der Waals surface area contributed by atoms with E-state index in [4.69, 9.17) is 4.74 Å². The lowest BCUT2D eigenvalue weighted by atomic mass is 10.2. The summed E-state index contributed by atoms with van der Waals surface area (Å²) in [4.78, 5) is 22.6. The summed E-state index contributed by atoms with van der Waals surface area (Å²) >= 11 is 0. The molecule has 0 unspecified atom stereocenters. The van der Waals surface area contributed by atoms with E-state index in [0.29, 0.717) is 17.1 Å². The fourth-order valence-electron chi connectivity index (χ4n) is 2.12. The number of nitro benzene ring substituents is 1. The quantitative estimate of drug-likeness (QED) is 0.356. The molecule has 0 heterocycles. The van der Waals surface area contributed by atoms with Crippen LogP contribution in [-0.4, -0.2) is 17.9 Å². The zero-order chi connectivity index (χ0) is 19.1. The number of benzene rings is 2. The highest BCUT2D eigenvalue weighted by molar-refractivity contribution is 6.07. The standard InChI is InChI=1S/C18H16N4O4/c1-12-6-7-17(26-2)16(8-12)21-18(23)13(10-19)11-20-14-4-3-5-15(9-14)22(24)25/h3-9,11,20H,1-2H3,(H,21,23)/b13-11-. The first-order chi connectivity index (χ1) is 12.4. The first-order valence-electron chi connectivity index (χ1n) is 7.52. The van der Waals surface area contributed by atoms with Gasteiger partial charge < -0.3 is 15.4 Å². The van der Waals surface area contributed by atoms with Crippen LogP contribution in [0.15, 0.2) is 54.2 Å². The van der Waals surface area contributed by atoms with Crippen LogP contribution >= 0.6 is 0 Å². The Balaban J connectivity index is 2.17. The maximum absolute atomic E-state index is 12.3. The predicted octanol–water partition coefficient (Wildman–Crippen LogP) is 3.37. The van der Waals surface area contributed by atoms with E-state index in [1.807, 2.05) is 13.0 Å². The Labute approximate surface area is 149 Å². The van der Waals surface area contributed by atoms with Crippen LogP contribution in [0.2, 0.25) is 0 Å². The van der Waals surface area contributed by atoms with Gasteiger partial charge >= 0.3 is 0 Å². The van der Waals surface area contributed by atoms with Gasteiger partial charge in [0.1, 0.15) is 17.4 Å². The molecule has 0 atom stereocenters. The minimum absolute atomic E-state index is 0.101. The normalized spacial score (nSPS) is 10.6. The number of nitro groups is 1. The Kier molecular flexibility index (Phi) is 5.90. The average molecular weight is 352 g/mol. The van der Waals surface area contributed by atoms with Gasteiger partial charge in [0.05, 0.1) is 17.7 Å². The molecule has 0 saturated carbocycles. The van der Waals surface area contributed by atoms with Crippen LogP contribution in [0.5, 0.6) is 5.75 Å². The number of ether oxygens (including phenoxy) is 1. The molecule has 0 aromatic heterocycles. The van der Waals surface area contributed by atoms with E-state index in [-0.39, 0.29) is 11.3 Å². The third-order valence-corrected chi connectivity index (χ3v) is 3.41. The SMILES string of the molecule is COc1ccc(C)cc1NC(=O)/C(C#N)=C\Nc1cccc([N+](=O)[O-])c1. The fourth-order valence-corrected chi connectivity index (χ4v) is 2.12. The zero-order valence-corrected chi connectivity index (χ0v) is 14.1. The predicted molar refractivity (Wildman–Crippen MR) is 96.8 cm³/mol.